The molecule has 0 bridgehead atoms. The highest BCUT2D eigenvalue weighted by Crippen LogP contribution is 2.33. The first-order valence-electron chi connectivity index (χ1n) is 14.3. The molecule has 0 saturated carbocycles. The summed E-state index contributed by atoms with van der Waals surface area (Å²) in [5.41, 5.74) is 4.24. The van der Waals surface area contributed by atoms with E-state index in [-0.39, 0.29) is 11.8 Å². The molecule has 0 aliphatic carbocycles. The Labute approximate surface area is 227 Å². The fourth-order valence-electron chi connectivity index (χ4n) is 5.65. The van der Waals surface area contributed by atoms with Crippen LogP contribution in [0.15, 0.2) is 36.4 Å². The number of aromatic nitrogens is 1. The van der Waals surface area contributed by atoms with Crippen LogP contribution in [0.25, 0.3) is 0 Å². The van der Waals surface area contributed by atoms with Crippen molar-refractivity contribution in [2.24, 2.45) is 17.8 Å². The number of aryl methyl sites for hydroxylation is 2. The summed E-state index contributed by atoms with van der Waals surface area (Å²) in [6, 6.07) is 11.3. The van der Waals surface area contributed by atoms with Crippen LogP contribution >= 0.6 is 0 Å². The Morgan fingerprint density at radius 2 is 1.76 bits per heavy atom. The number of amides is 1. The Morgan fingerprint density at radius 1 is 1.08 bits per heavy atom. The van der Waals surface area contributed by atoms with E-state index >= 15 is 0 Å². The zero-order valence-electron chi connectivity index (χ0n) is 23.4. The number of rotatable bonds is 6. The lowest BCUT2D eigenvalue weighted by Gasteiger charge is -2.44. The van der Waals surface area contributed by atoms with Crippen molar-refractivity contribution < 1.29 is 14.7 Å². The van der Waals surface area contributed by atoms with Gasteiger partial charge in [0.25, 0.3) is 0 Å². The van der Waals surface area contributed by atoms with Crippen LogP contribution in [0.1, 0.15) is 68.5 Å². The lowest BCUT2D eigenvalue weighted by molar-refractivity contribution is -0.153. The minimum absolute atomic E-state index is 0.101. The monoisotopic (exact) mass is 520 g/mol. The molecule has 1 aromatic heterocycles. The number of carbonyl (C=O) groups is 2. The molecule has 4 heterocycles. The largest absolute Gasteiger partial charge is 0.480 e. The average Bonchev–Trinajstić information content (AvgIpc) is 2.86. The van der Waals surface area contributed by atoms with Crippen molar-refractivity contribution in [2.45, 2.75) is 65.8 Å². The normalized spacial score (nSPS) is 19.0. The van der Waals surface area contributed by atoms with Crippen molar-refractivity contribution in [1.29, 1.82) is 0 Å². The smallest absolute Gasteiger partial charge is 0.325 e. The summed E-state index contributed by atoms with van der Waals surface area (Å²) < 4.78 is 0. The lowest BCUT2D eigenvalue weighted by atomic mass is 9.88. The maximum absolute atomic E-state index is 13.1. The summed E-state index contributed by atoms with van der Waals surface area (Å²) in [5, 5.41) is 13.2. The van der Waals surface area contributed by atoms with Crippen molar-refractivity contribution >= 4 is 17.7 Å². The van der Waals surface area contributed by atoms with Crippen molar-refractivity contribution in [3.63, 3.8) is 0 Å². The Kier molecular flexibility index (Phi) is 9.42. The summed E-state index contributed by atoms with van der Waals surface area (Å²) >= 11 is 0. The number of nitrogens with zero attached hydrogens (tertiary/aromatic N) is 3. The van der Waals surface area contributed by atoms with E-state index in [1.165, 1.54) is 12.0 Å². The molecule has 1 unspecified atom stereocenters. The molecule has 3 aliphatic heterocycles. The van der Waals surface area contributed by atoms with E-state index in [9.17, 15) is 14.7 Å². The van der Waals surface area contributed by atoms with Gasteiger partial charge in [-0.1, -0.05) is 51.1 Å². The standard InChI is InChI=1S/C27H34N4O3.C4H10/c1-18-5-2-3-7-23(18)24(27(33)34)31-16-21(17-31)26(32)30-13-10-19(11-14-30)15-22-9-8-20-6-4-12-28-25(20)29-22;1-4(2)3/h2-3,5,7-9,19,21,24H,4,6,10-17H2,1H3,(H,28,29)(H,33,34);4H,1-3H3. The van der Waals surface area contributed by atoms with Gasteiger partial charge in [-0.25, -0.2) is 4.98 Å². The summed E-state index contributed by atoms with van der Waals surface area (Å²) in [4.78, 5) is 33.8. The number of carboxylic acid groups (broad SMARTS) is 1. The van der Waals surface area contributed by atoms with Crippen LogP contribution in [0.3, 0.4) is 0 Å². The fourth-order valence-corrected chi connectivity index (χ4v) is 5.65. The maximum Gasteiger partial charge on any atom is 0.325 e. The summed E-state index contributed by atoms with van der Waals surface area (Å²) in [5.74, 6) is 1.66. The molecule has 1 aromatic carbocycles. The number of carboxylic acids is 1. The van der Waals surface area contributed by atoms with E-state index in [0.29, 0.717) is 19.0 Å². The van der Waals surface area contributed by atoms with Crippen molar-refractivity contribution in [1.82, 2.24) is 14.8 Å². The lowest BCUT2D eigenvalue weighted by Crippen LogP contribution is -2.57. The Hall–Kier alpha value is -2.93. The van der Waals surface area contributed by atoms with Crippen LogP contribution in [0, 0.1) is 24.7 Å². The fraction of sp³-hybridized carbons (Fsp3) is 0.581. The van der Waals surface area contributed by atoms with Crippen LogP contribution < -0.4 is 5.32 Å². The van der Waals surface area contributed by atoms with Gasteiger partial charge in [-0.3, -0.25) is 14.5 Å². The number of anilines is 1. The van der Waals surface area contributed by atoms with E-state index in [1.54, 1.807) is 0 Å². The van der Waals surface area contributed by atoms with Crippen LogP contribution in [0.2, 0.25) is 0 Å². The van der Waals surface area contributed by atoms with Crippen molar-refractivity contribution in [3.05, 3.63) is 58.8 Å². The van der Waals surface area contributed by atoms with Gasteiger partial charge in [-0.15, -0.1) is 0 Å². The number of carbonyl (C=O) groups excluding carboxylic acids is 1. The topological polar surface area (TPSA) is 85.8 Å². The maximum atomic E-state index is 13.1. The van der Waals surface area contributed by atoms with E-state index in [4.69, 9.17) is 4.98 Å². The molecule has 0 spiro atoms. The summed E-state index contributed by atoms with van der Waals surface area (Å²) in [7, 11) is 0. The van der Waals surface area contributed by atoms with E-state index in [1.807, 2.05) is 41.0 Å². The Morgan fingerprint density at radius 3 is 2.42 bits per heavy atom. The minimum atomic E-state index is -0.855. The van der Waals surface area contributed by atoms with E-state index < -0.39 is 12.0 Å². The first-order chi connectivity index (χ1) is 18.2. The summed E-state index contributed by atoms with van der Waals surface area (Å²) in [6.45, 7) is 12.0. The molecule has 2 saturated heterocycles. The molecule has 3 aliphatic rings. The highest BCUT2D eigenvalue weighted by Gasteiger charge is 2.42. The average molecular weight is 521 g/mol. The number of hydrogen-bond donors (Lipinski definition) is 2. The van der Waals surface area contributed by atoms with Gasteiger partial charge in [-0.05, 0) is 73.6 Å². The quantitative estimate of drug-likeness (QED) is 0.561. The van der Waals surface area contributed by atoms with Gasteiger partial charge in [0.1, 0.15) is 11.9 Å². The number of fused-ring (bicyclic) bond motifs is 1. The Balaban J connectivity index is 0.000000786. The molecule has 2 aromatic rings. The molecule has 2 N–H and O–H groups in total. The molecule has 206 valence electrons. The van der Waals surface area contributed by atoms with Crippen LogP contribution in [0.4, 0.5) is 5.82 Å². The van der Waals surface area contributed by atoms with Crippen molar-refractivity contribution in [3.8, 4) is 0 Å². The molecular weight excluding hydrogens is 476 g/mol. The van der Waals surface area contributed by atoms with Crippen molar-refractivity contribution in [2.75, 3.05) is 38.0 Å². The van der Waals surface area contributed by atoms with Crippen LogP contribution in [-0.2, 0) is 22.4 Å². The number of nitrogens with one attached hydrogen (secondary N) is 1. The van der Waals surface area contributed by atoms with E-state index in [0.717, 1.165) is 73.9 Å². The van der Waals surface area contributed by atoms with Gasteiger partial charge in [0.2, 0.25) is 5.91 Å². The second kappa shape index (κ2) is 12.7. The minimum Gasteiger partial charge on any atom is -0.480 e. The zero-order chi connectivity index (χ0) is 27.2. The third-order valence-corrected chi connectivity index (χ3v) is 7.72. The first kappa shape index (κ1) is 28.1. The molecule has 5 rings (SSSR count). The van der Waals surface area contributed by atoms with Gasteiger partial charge in [0.05, 0.1) is 5.92 Å². The van der Waals surface area contributed by atoms with Gasteiger partial charge in [0.15, 0.2) is 0 Å². The third-order valence-electron chi connectivity index (χ3n) is 7.72. The highest BCUT2D eigenvalue weighted by atomic mass is 16.4. The molecule has 2 fully saturated rings. The summed E-state index contributed by atoms with van der Waals surface area (Å²) in [6.07, 6.45) is 5.23. The molecule has 7 nitrogen and oxygen atoms in total. The molecule has 38 heavy (non-hydrogen) atoms. The Bertz CT molecular complexity index is 1100. The molecule has 0 radical (unpaired) electrons. The van der Waals surface area contributed by atoms with Crippen LogP contribution in [0.5, 0.6) is 0 Å². The highest BCUT2D eigenvalue weighted by molar-refractivity contribution is 5.81. The number of piperidine rings is 1. The molecule has 7 heteroatoms. The van der Waals surface area contributed by atoms with Gasteiger partial charge in [-0.2, -0.15) is 0 Å². The number of aliphatic carboxylic acids is 1. The predicted octanol–water partition coefficient (Wildman–Crippen LogP) is 4.95. The molecular formula is C31H44N4O3. The molecule has 1 atom stereocenters. The first-order valence-corrected chi connectivity index (χ1v) is 14.3. The number of likely N-dealkylation sites (tertiary alicyclic amines) is 2. The second-order valence-corrected chi connectivity index (χ2v) is 11.8. The number of benzene rings is 1. The number of hydrogen-bond acceptors (Lipinski definition) is 5. The second-order valence-electron chi connectivity index (χ2n) is 11.8. The van der Waals surface area contributed by atoms with Crippen LogP contribution in [-0.4, -0.2) is 64.5 Å². The van der Waals surface area contributed by atoms with E-state index in [2.05, 4.69) is 38.2 Å². The van der Waals surface area contributed by atoms with Gasteiger partial charge >= 0.3 is 5.97 Å². The SMILES string of the molecule is CC(C)C.Cc1ccccc1C(C(=O)O)N1CC(C(=O)N2CCC(Cc3ccc4c(n3)NCCC4)CC2)C1. The number of pyridine rings is 1. The predicted molar refractivity (Wildman–Crippen MR) is 151 cm³/mol. The zero-order valence-corrected chi connectivity index (χ0v) is 23.4. The van der Waals surface area contributed by atoms with Gasteiger partial charge in [0, 0.05) is 38.4 Å². The third kappa shape index (κ3) is 6.93. The molecule has 1 amide bonds. The van der Waals surface area contributed by atoms with Gasteiger partial charge < -0.3 is 15.3 Å².